The van der Waals surface area contributed by atoms with Crippen LogP contribution in [0.15, 0.2) is 53.7 Å². The molecule has 2 heterocycles. The van der Waals surface area contributed by atoms with Crippen molar-refractivity contribution in [1.29, 1.82) is 0 Å². The van der Waals surface area contributed by atoms with E-state index in [1.165, 1.54) is 25.0 Å². The SMILES string of the molecule is CCOc1cc([C@H]2C(C(=O)c3ccc(OC)cc3)=C(C(=O)OC)Nc3nnnn32)ccc1O. The number of fused-ring (bicyclic) bond motifs is 1. The first kappa shape index (κ1) is 21.8. The van der Waals surface area contributed by atoms with Crippen molar-refractivity contribution in [3.05, 3.63) is 64.9 Å². The highest BCUT2D eigenvalue weighted by atomic mass is 16.5. The minimum Gasteiger partial charge on any atom is -0.504 e. The molecule has 1 aliphatic heterocycles. The summed E-state index contributed by atoms with van der Waals surface area (Å²) in [4.78, 5) is 26.4. The maximum Gasteiger partial charge on any atom is 0.355 e. The Bertz CT molecular complexity index is 1230. The van der Waals surface area contributed by atoms with E-state index in [0.29, 0.717) is 23.5 Å². The van der Waals surface area contributed by atoms with Crippen LogP contribution >= 0.6 is 0 Å². The van der Waals surface area contributed by atoms with Gasteiger partial charge < -0.3 is 24.6 Å². The molecule has 33 heavy (non-hydrogen) atoms. The molecular formula is C22H21N5O6. The first-order chi connectivity index (χ1) is 16.0. The topological polar surface area (TPSA) is 138 Å². The van der Waals surface area contributed by atoms with Crippen LogP contribution in [0.25, 0.3) is 0 Å². The van der Waals surface area contributed by atoms with Crippen LogP contribution in [-0.2, 0) is 9.53 Å². The van der Waals surface area contributed by atoms with Crippen molar-refractivity contribution < 1.29 is 28.9 Å². The van der Waals surface area contributed by atoms with E-state index in [-0.39, 0.29) is 28.7 Å². The predicted molar refractivity (Wildman–Crippen MR) is 115 cm³/mol. The van der Waals surface area contributed by atoms with E-state index in [2.05, 4.69) is 20.8 Å². The van der Waals surface area contributed by atoms with Crippen LogP contribution in [0.1, 0.15) is 28.9 Å². The van der Waals surface area contributed by atoms with Gasteiger partial charge in [0.05, 0.1) is 26.4 Å². The van der Waals surface area contributed by atoms with Crippen molar-refractivity contribution in [1.82, 2.24) is 20.2 Å². The molecule has 0 spiro atoms. The molecule has 0 bridgehead atoms. The average Bonchev–Trinajstić information content (AvgIpc) is 3.32. The molecule has 11 heteroatoms. The zero-order valence-corrected chi connectivity index (χ0v) is 18.1. The highest BCUT2D eigenvalue weighted by Gasteiger charge is 2.38. The standard InChI is InChI=1S/C22H21N5O6/c1-4-33-16-11-13(7-10-15(16)28)19-17(20(29)12-5-8-14(31-2)9-6-12)18(21(30)32-3)23-22-24-25-26-27(19)22/h5-11,19,28H,4H2,1-3H3,(H,23,24,26)/t19-/m0/s1. The highest BCUT2D eigenvalue weighted by molar-refractivity contribution is 6.15. The van der Waals surface area contributed by atoms with Gasteiger partial charge >= 0.3 is 5.97 Å². The molecule has 11 nitrogen and oxygen atoms in total. The molecule has 0 saturated carbocycles. The molecule has 0 aliphatic carbocycles. The quantitative estimate of drug-likeness (QED) is 0.406. The second-order valence-corrected chi connectivity index (χ2v) is 6.97. The number of rotatable bonds is 7. The number of benzene rings is 2. The normalized spacial score (nSPS) is 14.8. The van der Waals surface area contributed by atoms with Crippen molar-refractivity contribution in [3.8, 4) is 17.2 Å². The molecule has 1 atom stereocenters. The Hall–Kier alpha value is -4.41. The fraction of sp³-hybridized carbons (Fsp3) is 0.227. The molecule has 3 aromatic rings. The Morgan fingerprint density at radius 1 is 1.15 bits per heavy atom. The number of ketones is 1. The number of carbonyl (C=O) groups excluding carboxylic acids is 2. The lowest BCUT2D eigenvalue weighted by molar-refractivity contribution is -0.136. The second-order valence-electron chi connectivity index (χ2n) is 6.97. The molecule has 1 aliphatic rings. The van der Waals surface area contributed by atoms with Crippen LogP contribution in [0.5, 0.6) is 17.2 Å². The smallest absolute Gasteiger partial charge is 0.355 e. The summed E-state index contributed by atoms with van der Waals surface area (Å²) in [5, 5.41) is 24.6. The van der Waals surface area contributed by atoms with Crippen molar-refractivity contribution >= 4 is 17.7 Å². The zero-order chi connectivity index (χ0) is 23.5. The maximum absolute atomic E-state index is 13.7. The van der Waals surface area contributed by atoms with Gasteiger partial charge in [0.2, 0.25) is 5.95 Å². The number of phenols is 1. The third kappa shape index (κ3) is 3.95. The predicted octanol–water partition coefficient (Wildman–Crippen LogP) is 2.11. The van der Waals surface area contributed by atoms with E-state index in [9.17, 15) is 14.7 Å². The first-order valence-electron chi connectivity index (χ1n) is 10.00. The molecule has 0 amide bonds. The molecule has 0 unspecified atom stereocenters. The Morgan fingerprint density at radius 2 is 1.91 bits per heavy atom. The number of methoxy groups -OCH3 is 2. The van der Waals surface area contributed by atoms with Gasteiger partial charge in [-0.2, -0.15) is 4.68 Å². The summed E-state index contributed by atoms with van der Waals surface area (Å²) < 4.78 is 17.0. The van der Waals surface area contributed by atoms with Crippen molar-refractivity contribution in [3.63, 3.8) is 0 Å². The van der Waals surface area contributed by atoms with Crippen LogP contribution < -0.4 is 14.8 Å². The number of phenolic OH excluding ortho intramolecular Hbond substituents is 1. The lowest BCUT2D eigenvalue weighted by Gasteiger charge is -2.28. The summed E-state index contributed by atoms with van der Waals surface area (Å²) in [5.41, 5.74) is 0.820. The Labute approximate surface area is 188 Å². The van der Waals surface area contributed by atoms with E-state index >= 15 is 0 Å². The number of hydrogen-bond donors (Lipinski definition) is 2. The van der Waals surface area contributed by atoms with E-state index in [4.69, 9.17) is 14.2 Å². The number of aromatic nitrogens is 4. The number of aromatic hydroxyl groups is 1. The molecule has 2 aromatic carbocycles. The Kier molecular flexibility index (Phi) is 5.94. The molecule has 4 rings (SSSR count). The van der Waals surface area contributed by atoms with Crippen LogP contribution in [0.2, 0.25) is 0 Å². The zero-order valence-electron chi connectivity index (χ0n) is 18.1. The van der Waals surface area contributed by atoms with Crippen molar-refractivity contribution in [2.45, 2.75) is 13.0 Å². The summed E-state index contributed by atoms with van der Waals surface area (Å²) in [5.74, 6) is -0.309. The molecule has 0 radical (unpaired) electrons. The number of allylic oxidation sites excluding steroid dienone is 1. The molecular weight excluding hydrogens is 430 g/mol. The molecule has 0 saturated heterocycles. The number of hydrogen-bond acceptors (Lipinski definition) is 10. The summed E-state index contributed by atoms with van der Waals surface area (Å²) in [6, 6.07) is 10.2. The van der Waals surface area contributed by atoms with Gasteiger partial charge in [0.25, 0.3) is 0 Å². The number of ether oxygens (including phenoxy) is 3. The van der Waals surface area contributed by atoms with Crippen LogP contribution in [0.4, 0.5) is 5.95 Å². The van der Waals surface area contributed by atoms with Gasteiger partial charge in [0, 0.05) is 5.56 Å². The minimum atomic E-state index is -0.903. The van der Waals surface area contributed by atoms with E-state index in [1.807, 2.05) is 0 Å². The number of tetrazole rings is 1. The van der Waals surface area contributed by atoms with Crippen LogP contribution in [0.3, 0.4) is 0 Å². The van der Waals surface area contributed by atoms with Crippen molar-refractivity contribution in [2.75, 3.05) is 26.1 Å². The Balaban J connectivity index is 1.92. The van der Waals surface area contributed by atoms with Gasteiger partial charge in [-0.1, -0.05) is 11.2 Å². The molecule has 2 N–H and O–H groups in total. The van der Waals surface area contributed by atoms with Crippen molar-refractivity contribution in [2.24, 2.45) is 0 Å². The first-order valence-corrected chi connectivity index (χ1v) is 10.00. The number of anilines is 1. The van der Waals surface area contributed by atoms with E-state index in [0.717, 1.165) is 0 Å². The summed E-state index contributed by atoms with van der Waals surface area (Å²) in [6.07, 6.45) is 0. The van der Waals surface area contributed by atoms with Crippen LogP contribution in [0, 0.1) is 0 Å². The number of esters is 1. The Morgan fingerprint density at radius 3 is 2.58 bits per heavy atom. The van der Waals surface area contributed by atoms with Gasteiger partial charge in [-0.25, -0.2) is 4.79 Å². The van der Waals surface area contributed by atoms with E-state index in [1.54, 1.807) is 43.3 Å². The summed E-state index contributed by atoms with van der Waals surface area (Å²) >= 11 is 0. The van der Waals surface area contributed by atoms with Gasteiger partial charge in [0.1, 0.15) is 17.5 Å². The number of nitrogens with zero attached hydrogens (tertiary/aromatic N) is 4. The van der Waals surface area contributed by atoms with Gasteiger partial charge in [0.15, 0.2) is 17.3 Å². The fourth-order valence-electron chi connectivity index (χ4n) is 3.57. The summed E-state index contributed by atoms with van der Waals surface area (Å²) in [6.45, 7) is 2.10. The van der Waals surface area contributed by atoms with E-state index < -0.39 is 17.8 Å². The van der Waals surface area contributed by atoms with Gasteiger partial charge in [-0.05, 0) is 59.3 Å². The summed E-state index contributed by atoms with van der Waals surface area (Å²) in [7, 11) is 2.74. The lowest BCUT2D eigenvalue weighted by Crippen LogP contribution is -2.33. The molecule has 170 valence electrons. The maximum atomic E-state index is 13.7. The minimum absolute atomic E-state index is 0.0633. The highest BCUT2D eigenvalue weighted by Crippen LogP contribution is 2.39. The van der Waals surface area contributed by atoms with Gasteiger partial charge in [-0.3, -0.25) is 4.79 Å². The van der Waals surface area contributed by atoms with Crippen LogP contribution in [-0.4, -0.2) is 57.9 Å². The third-order valence-corrected chi connectivity index (χ3v) is 5.10. The molecule has 0 fully saturated rings. The lowest BCUT2D eigenvalue weighted by atomic mass is 9.89. The number of nitrogens with one attached hydrogen (secondary N) is 1. The van der Waals surface area contributed by atoms with Gasteiger partial charge in [-0.15, -0.1) is 0 Å². The third-order valence-electron chi connectivity index (χ3n) is 5.10. The molecule has 1 aromatic heterocycles. The monoisotopic (exact) mass is 451 g/mol. The number of Topliss-reactive ketones (excluding diaryl/α,β-unsaturated/α-hetero) is 1. The average molecular weight is 451 g/mol. The fourth-order valence-corrected chi connectivity index (χ4v) is 3.57. The largest absolute Gasteiger partial charge is 0.504 e. The number of carbonyl (C=O) groups is 2. The second kappa shape index (κ2) is 8.99.